The van der Waals surface area contributed by atoms with Crippen molar-refractivity contribution in [2.75, 3.05) is 4.90 Å². The fraction of sp³-hybridized carbons (Fsp3) is 0.368. The van der Waals surface area contributed by atoms with Crippen LogP contribution in [-0.2, 0) is 28.3 Å². The summed E-state index contributed by atoms with van der Waals surface area (Å²) in [4.78, 5) is 2.08. The number of benzene rings is 2. The van der Waals surface area contributed by atoms with Gasteiger partial charge in [0.1, 0.15) is 0 Å². The molecule has 2 aromatic rings. The molecule has 1 nitrogen and oxygen atoms in total. The molecule has 1 aliphatic rings. The maximum absolute atomic E-state index is 14.2. The van der Waals surface area contributed by atoms with Crippen LogP contribution in [0.5, 0.6) is 0 Å². The molecular formula is C19H20F2NTi-. The van der Waals surface area contributed by atoms with Gasteiger partial charge in [0.2, 0.25) is 0 Å². The molecule has 0 atom stereocenters. The van der Waals surface area contributed by atoms with Crippen molar-refractivity contribution in [3.8, 4) is 0 Å². The van der Waals surface area contributed by atoms with Gasteiger partial charge in [0.15, 0.2) is 0 Å². The van der Waals surface area contributed by atoms with E-state index in [2.05, 4.69) is 11.0 Å². The smallest absolute Gasteiger partial charge is 0.0361 e. The molecule has 3 rings (SSSR count). The van der Waals surface area contributed by atoms with Crippen molar-refractivity contribution in [3.63, 3.8) is 0 Å². The molecule has 1 saturated carbocycles. The van der Waals surface area contributed by atoms with Gasteiger partial charge in [-0.25, -0.2) is 8.78 Å². The normalized spacial score (nSPS) is 15.0. The largest absolute Gasteiger partial charge is 0.414 e. The first kappa shape index (κ1) is 18.2. The van der Waals surface area contributed by atoms with Gasteiger partial charge in [-0.2, -0.15) is 0 Å². The molecule has 0 radical (unpaired) electrons. The zero-order valence-corrected chi connectivity index (χ0v) is 14.6. The second kappa shape index (κ2) is 8.61. The van der Waals surface area contributed by atoms with E-state index in [1.54, 1.807) is 6.07 Å². The topological polar surface area (TPSA) is 3.24 Å². The molecular weight excluding hydrogens is 328 g/mol. The minimum absolute atomic E-state index is 0. The molecule has 23 heavy (non-hydrogen) atoms. The van der Waals surface area contributed by atoms with Crippen LogP contribution in [0.2, 0.25) is 0 Å². The third-order valence-electron chi connectivity index (χ3n) is 4.36. The Morgan fingerprint density at radius 1 is 0.957 bits per heavy atom. The molecule has 120 valence electrons. The molecule has 0 aliphatic heterocycles. The van der Waals surface area contributed by atoms with Gasteiger partial charge in [-0.15, -0.1) is 18.2 Å². The number of anilines is 1. The molecule has 1 fully saturated rings. The predicted octanol–water partition coefficient (Wildman–Crippen LogP) is 5.10. The fourth-order valence-corrected chi connectivity index (χ4v) is 3.24. The average molecular weight is 348 g/mol. The van der Waals surface area contributed by atoms with Crippen molar-refractivity contribution in [1.29, 1.82) is 0 Å². The Hall–Kier alpha value is -1.19. The van der Waals surface area contributed by atoms with E-state index in [0.29, 0.717) is 18.3 Å². The first-order valence-electron chi connectivity index (χ1n) is 7.92. The van der Waals surface area contributed by atoms with Gasteiger partial charge in [0, 0.05) is 45.9 Å². The SMILES string of the molecule is Fc1[c-]c(F)c(N(Cc2ccccc2)C2CCCCC2)cc1.[Ti]. The predicted molar refractivity (Wildman–Crippen MR) is 84.7 cm³/mol. The van der Waals surface area contributed by atoms with Crippen molar-refractivity contribution in [3.05, 3.63) is 65.7 Å². The van der Waals surface area contributed by atoms with Gasteiger partial charge in [0.25, 0.3) is 0 Å². The Bertz CT molecular complexity index is 612. The molecule has 0 saturated heterocycles. The standard InChI is InChI=1S/C19H20F2N.Ti/c20-16-11-12-19(18(21)13-16)22(17-9-5-2-6-10-17)14-15-7-3-1-4-8-15;/h1,3-4,7-8,11-12,17H,2,5-6,9-10,14H2;/q-1;. The minimum Gasteiger partial charge on any atom is -0.414 e. The zero-order valence-electron chi connectivity index (χ0n) is 13.1. The number of hydrogen-bond acceptors (Lipinski definition) is 1. The summed E-state index contributed by atoms with van der Waals surface area (Å²) in [6, 6.07) is 15.3. The summed E-state index contributed by atoms with van der Waals surface area (Å²) < 4.78 is 27.4. The molecule has 0 unspecified atom stereocenters. The van der Waals surface area contributed by atoms with E-state index >= 15 is 0 Å². The molecule has 2 aromatic carbocycles. The fourth-order valence-electron chi connectivity index (χ4n) is 3.24. The average Bonchev–Trinajstić information content (AvgIpc) is 2.55. The van der Waals surface area contributed by atoms with Crippen molar-refractivity contribution in [1.82, 2.24) is 0 Å². The Labute approximate surface area is 151 Å². The third-order valence-corrected chi connectivity index (χ3v) is 4.36. The van der Waals surface area contributed by atoms with Crippen LogP contribution in [0.3, 0.4) is 0 Å². The van der Waals surface area contributed by atoms with Crippen LogP contribution >= 0.6 is 0 Å². The monoisotopic (exact) mass is 348 g/mol. The van der Waals surface area contributed by atoms with Crippen LogP contribution < -0.4 is 4.90 Å². The van der Waals surface area contributed by atoms with Crippen LogP contribution in [0.1, 0.15) is 37.7 Å². The second-order valence-corrected chi connectivity index (χ2v) is 5.91. The van der Waals surface area contributed by atoms with Crippen molar-refractivity contribution >= 4 is 5.69 Å². The molecule has 0 spiro atoms. The molecule has 0 amide bonds. The van der Waals surface area contributed by atoms with Gasteiger partial charge in [-0.05, 0) is 24.1 Å². The number of hydrogen-bond donors (Lipinski definition) is 0. The zero-order chi connectivity index (χ0) is 15.4. The quantitative estimate of drug-likeness (QED) is 0.549. The minimum atomic E-state index is -0.649. The first-order valence-corrected chi connectivity index (χ1v) is 7.92. The molecule has 0 aromatic heterocycles. The first-order chi connectivity index (χ1) is 10.7. The summed E-state index contributed by atoms with van der Waals surface area (Å²) in [5, 5.41) is 0. The van der Waals surface area contributed by atoms with Crippen molar-refractivity contribution in [2.24, 2.45) is 0 Å². The van der Waals surface area contributed by atoms with E-state index in [1.807, 2.05) is 30.3 Å². The molecule has 1 aliphatic carbocycles. The van der Waals surface area contributed by atoms with Crippen molar-refractivity contribution < 1.29 is 30.5 Å². The third kappa shape index (κ3) is 4.65. The Balaban J connectivity index is 0.00000192. The number of rotatable bonds is 4. The van der Waals surface area contributed by atoms with E-state index in [0.717, 1.165) is 18.4 Å². The summed E-state index contributed by atoms with van der Waals surface area (Å²) >= 11 is 0. The van der Waals surface area contributed by atoms with Crippen LogP contribution in [0.4, 0.5) is 14.5 Å². The summed E-state index contributed by atoms with van der Waals surface area (Å²) in [6.07, 6.45) is 5.70. The second-order valence-electron chi connectivity index (χ2n) is 5.91. The van der Waals surface area contributed by atoms with Gasteiger partial charge >= 0.3 is 0 Å². The number of nitrogens with zero attached hydrogens (tertiary/aromatic N) is 1. The van der Waals surface area contributed by atoms with Gasteiger partial charge in [-0.3, -0.25) is 0 Å². The van der Waals surface area contributed by atoms with E-state index in [9.17, 15) is 8.78 Å². The van der Waals surface area contributed by atoms with E-state index < -0.39 is 11.6 Å². The molecule has 0 bridgehead atoms. The summed E-state index contributed by atoms with van der Waals surface area (Å²) in [5.41, 5.74) is 1.59. The summed E-state index contributed by atoms with van der Waals surface area (Å²) in [5.74, 6) is -1.24. The van der Waals surface area contributed by atoms with E-state index in [-0.39, 0.29) is 21.7 Å². The van der Waals surface area contributed by atoms with Gasteiger partial charge in [-0.1, -0.05) is 49.6 Å². The Morgan fingerprint density at radius 3 is 2.30 bits per heavy atom. The van der Waals surface area contributed by atoms with Crippen molar-refractivity contribution in [2.45, 2.75) is 44.7 Å². The van der Waals surface area contributed by atoms with Crippen LogP contribution in [0, 0.1) is 17.7 Å². The molecule has 0 N–H and O–H groups in total. The van der Waals surface area contributed by atoms with E-state index in [4.69, 9.17) is 0 Å². The van der Waals surface area contributed by atoms with Crippen LogP contribution in [0.15, 0.2) is 42.5 Å². The Kier molecular flexibility index (Phi) is 6.79. The summed E-state index contributed by atoms with van der Waals surface area (Å²) in [7, 11) is 0. The summed E-state index contributed by atoms with van der Waals surface area (Å²) in [6.45, 7) is 0.641. The maximum atomic E-state index is 14.2. The molecule has 4 heteroatoms. The van der Waals surface area contributed by atoms with Crippen LogP contribution in [0.25, 0.3) is 0 Å². The Morgan fingerprint density at radius 2 is 1.65 bits per heavy atom. The number of halogens is 2. The van der Waals surface area contributed by atoms with Gasteiger partial charge in [0.05, 0.1) is 0 Å². The van der Waals surface area contributed by atoms with E-state index in [1.165, 1.54) is 25.3 Å². The molecule has 0 heterocycles. The van der Waals surface area contributed by atoms with Crippen LogP contribution in [-0.4, -0.2) is 6.04 Å². The van der Waals surface area contributed by atoms with Gasteiger partial charge < -0.3 is 4.90 Å². The maximum Gasteiger partial charge on any atom is 0.0361 e.